The van der Waals surface area contributed by atoms with Gasteiger partial charge in [0.2, 0.25) is 5.91 Å². The van der Waals surface area contributed by atoms with Gasteiger partial charge in [-0.25, -0.2) is 4.39 Å². The van der Waals surface area contributed by atoms with Crippen molar-refractivity contribution < 1.29 is 14.3 Å². The molecule has 164 valence electrons. The topological polar surface area (TPSA) is 88.2 Å². The lowest BCUT2D eigenvalue weighted by molar-refractivity contribution is -0.126. The summed E-state index contributed by atoms with van der Waals surface area (Å²) in [7, 11) is 0. The third-order valence-corrected chi connectivity index (χ3v) is 5.20. The summed E-state index contributed by atoms with van der Waals surface area (Å²) >= 11 is 0. The molecule has 30 heavy (non-hydrogen) atoms. The lowest BCUT2D eigenvalue weighted by Crippen LogP contribution is -2.41. The van der Waals surface area contributed by atoms with Crippen molar-refractivity contribution >= 4 is 5.91 Å². The van der Waals surface area contributed by atoms with E-state index in [1.807, 2.05) is 48.5 Å². The SMILES string of the molecule is CC(C)(F)CC[C@H](C[C@H](O)[C@@H](N)Cc1ccccc1)C(=O)NCCc1ccccn1. The minimum absolute atomic E-state index is 0.179. The average molecular weight is 416 g/mol. The molecule has 2 aromatic rings. The van der Waals surface area contributed by atoms with Crippen LogP contribution in [0.4, 0.5) is 4.39 Å². The van der Waals surface area contributed by atoms with Crippen LogP contribution in [0.25, 0.3) is 0 Å². The Morgan fingerprint density at radius 2 is 1.90 bits per heavy atom. The predicted molar refractivity (Wildman–Crippen MR) is 118 cm³/mol. The first kappa shape index (κ1) is 24.0. The van der Waals surface area contributed by atoms with Gasteiger partial charge < -0.3 is 16.2 Å². The number of rotatable bonds is 12. The molecule has 2 rings (SSSR count). The smallest absolute Gasteiger partial charge is 0.223 e. The molecule has 0 radical (unpaired) electrons. The predicted octanol–water partition coefficient (Wildman–Crippen LogP) is 3.21. The van der Waals surface area contributed by atoms with Crippen LogP contribution in [0, 0.1) is 5.92 Å². The number of amides is 1. The maximum Gasteiger partial charge on any atom is 0.223 e. The zero-order valence-electron chi connectivity index (χ0n) is 17.9. The van der Waals surface area contributed by atoms with Crippen LogP contribution in [-0.2, 0) is 17.6 Å². The number of aliphatic hydroxyl groups is 1. The lowest BCUT2D eigenvalue weighted by atomic mass is 9.88. The molecule has 0 bridgehead atoms. The van der Waals surface area contributed by atoms with Crippen LogP contribution in [0.15, 0.2) is 54.7 Å². The Balaban J connectivity index is 1.92. The standard InChI is InChI=1S/C24H34FN3O2/c1-24(2,25)13-11-19(23(30)28-15-12-20-10-6-7-14-27-20)17-22(29)21(26)16-18-8-4-3-5-9-18/h3-10,14,19,21-22,29H,11-13,15-17,26H2,1-2H3,(H,28,30)/t19-,21+,22+/m1/s1. The van der Waals surface area contributed by atoms with Crippen molar-refractivity contribution in [2.75, 3.05) is 6.54 Å². The van der Waals surface area contributed by atoms with Crippen LogP contribution in [0.1, 0.15) is 44.4 Å². The number of carbonyl (C=O) groups excluding carboxylic acids is 1. The van der Waals surface area contributed by atoms with Gasteiger partial charge in [-0.3, -0.25) is 9.78 Å². The fourth-order valence-electron chi connectivity index (χ4n) is 3.37. The van der Waals surface area contributed by atoms with Crippen molar-refractivity contribution in [3.05, 3.63) is 66.0 Å². The number of nitrogens with zero attached hydrogens (tertiary/aromatic N) is 1. The summed E-state index contributed by atoms with van der Waals surface area (Å²) in [5, 5.41) is 13.5. The second kappa shape index (κ2) is 11.8. The minimum Gasteiger partial charge on any atom is -0.391 e. The molecule has 6 heteroatoms. The molecule has 5 nitrogen and oxygen atoms in total. The van der Waals surface area contributed by atoms with E-state index >= 15 is 0 Å². The van der Waals surface area contributed by atoms with E-state index in [0.29, 0.717) is 25.8 Å². The van der Waals surface area contributed by atoms with Crippen molar-refractivity contribution in [3.8, 4) is 0 Å². The molecule has 0 saturated carbocycles. The molecule has 0 fully saturated rings. The molecule has 1 aromatic carbocycles. The second-order valence-corrected chi connectivity index (χ2v) is 8.47. The number of aromatic nitrogens is 1. The summed E-state index contributed by atoms with van der Waals surface area (Å²) in [5.41, 5.74) is 6.75. The largest absolute Gasteiger partial charge is 0.391 e. The summed E-state index contributed by atoms with van der Waals surface area (Å²) < 4.78 is 14.0. The minimum atomic E-state index is -1.37. The molecule has 0 unspecified atom stereocenters. The number of aliphatic hydroxyl groups excluding tert-OH is 1. The summed E-state index contributed by atoms with van der Waals surface area (Å²) in [5.74, 6) is -0.679. The van der Waals surface area contributed by atoms with E-state index in [1.54, 1.807) is 6.20 Å². The zero-order chi connectivity index (χ0) is 22.0. The first-order valence-electron chi connectivity index (χ1n) is 10.6. The highest BCUT2D eigenvalue weighted by molar-refractivity contribution is 5.78. The highest BCUT2D eigenvalue weighted by atomic mass is 19.1. The number of nitrogens with two attached hydrogens (primary N) is 1. The van der Waals surface area contributed by atoms with Gasteiger partial charge >= 0.3 is 0 Å². The van der Waals surface area contributed by atoms with E-state index in [0.717, 1.165) is 11.3 Å². The zero-order valence-corrected chi connectivity index (χ0v) is 17.9. The Hall–Kier alpha value is -2.31. The average Bonchev–Trinajstić information content (AvgIpc) is 2.71. The molecule has 3 atom stereocenters. The summed E-state index contributed by atoms with van der Waals surface area (Å²) in [6, 6.07) is 14.9. The van der Waals surface area contributed by atoms with Gasteiger partial charge in [-0.15, -0.1) is 0 Å². The number of hydrogen-bond donors (Lipinski definition) is 3. The molecule has 4 N–H and O–H groups in total. The number of pyridine rings is 1. The van der Waals surface area contributed by atoms with Gasteiger partial charge in [0.25, 0.3) is 0 Å². The second-order valence-electron chi connectivity index (χ2n) is 8.47. The van der Waals surface area contributed by atoms with E-state index in [1.165, 1.54) is 13.8 Å². The van der Waals surface area contributed by atoms with Crippen molar-refractivity contribution in [1.29, 1.82) is 0 Å². The van der Waals surface area contributed by atoms with Crippen molar-refractivity contribution in [2.24, 2.45) is 11.7 Å². The lowest BCUT2D eigenvalue weighted by Gasteiger charge is -2.25. The van der Waals surface area contributed by atoms with Crippen LogP contribution < -0.4 is 11.1 Å². The molecule has 0 spiro atoms. The Morgan fingerprint density at radius 1 is 1.20 bits per heavy atom. The van der Waals surface area contributed by atoms with E-state index in [4.69, 9.17) is 5.73 Å². The number of nitrogens with one attached hydrogen (secondary N) is 1. The summed E-state index contributed by atoms with van der Waals surface area (Å²) in [4.78, 5) is 17.0. The van der Waals surface area contributed by atoms with E-state index < -0.39 is 23.7 Å². The molecular weight excluding hydrogens is 381 g/mol. The number of halogens is 1. The maximum absolute atomic E-state index is 14.0. The number of alkyl halides is 1. The molecule has 0 aliphatic carbocycles. The van der Waals surface area contributed by atoms with Crippen molar-refractivity contribution in [2.45, 2.75) is 63.8 Å². The van der Waals surface area contributed by atoms with Crippen LogP contribution in [0.3, 0.4) is 0 Å². The third-order valence-electron chi connectivity index (χ3n) is 5.20. The van der Waals surface area contributed by atoms with Gasteiger partial charge in [0.1, 0.15) is 5.67 Å². The van der Waals surface area contributed by atoms with Gasteiger partial charge in [0, 0.05) is 36.8 Å². The Morgan fingerprint density at radius 3 is 2.53 bits per heavy atom. The molecule has 0 aliphatic rings. The monoisotopic (exact) mass is 415 g/mol. The fraction of sp³-hybridized carbons (Fsp3) is 0.500. The van der Waals surface area contributed by atoms with Crippen LogP contribution in [-0.4, -0.2) is 40.4 Å². The van der Waals surface area contributed by atoms with Gasteiger partial charge in [0.05, 0.1) is 6.10 Å². The van der Waals surface area contributed by atoms with Crippen molar-refractivity contribution in [3.63, 3.8) is 0 Å². The summed E-state index contributed by atoms with van der Waals surface area (Å²) in [6.45, 7) is 3.44. The quantitative estimate of drug-likeness (QED) is 0.497. The van der Waals surface area contributed by atoms with Gasteiger partial charge in [-0.1, -0.05) is 36.4 Å². The van der Waals surface area contributed by atoms with E-state index in [9.17, 15) is 14.3 Å². The molecule has 1 aromatic heterocycles. The van der Waals surface area contributed by atoms with Crippen molar-refractivity contribution in [1.82, 2.24) is 10.3 Å². The van der Waals surface area contributed by atoms with Gasteiger partial charge in [0.15, 0.2) is 0 Å². The Labute approximate surface area is 178 Å². The number of benzene rings is 1. The molecular formula is C24H34FN3O2. The molecule has 1 heterocycles. The van der Waals surface area contributed by atoms with Crippen LogP contribution >= 0.6 is 0 Å². The Bertz CT molecular complexity index is 750. The molecule has 0 saturated heterocycles. The van der Waals surface area contributed by atoms with Gasteiger partial charge in [-0.2, -0.15) is 0 Å². The highest BCUT2D eigenvalue weighted by Gasteiger charge is 2.28. The van der Waals surface area contributed by atoms with E-state index in [2.05, 4.69) is 10.3 Å². The van der Waals surface area contributed by atoms with Crippen LogP contribution in [0.2, 0.25) is 0 Å². The Kier molecular flexibility index (Phi) is 9.40. The van der Waals surface area contributed by atoms with E-state index in [-0.39, 0.29) is 18.7 Å². The molecule has 0 aliphatic heterocycles. The summed E-state index contributed by atoms with van der Waals surface area (Å²) in [6.07, 6.45) is 2.81. The number of carbonyl (C=O) groups is 1. The first-order chi connectivity index (χ1) is 14.2. The maximum atomic E-state index is 14.0. The molecule has 1 amide bonds. The number of hydrogen-bond acceptors (Lipinski definition) is 4. The third kappa shape index (κ3) is 9.01. The normalized spacial score (nSPS) is 14.7. The van der Waals surface area contributed by atoms with Crippen LogP contribution in [0.5, 0.6) is 0 Å². The fourth-order valence-corrected chi connectivity index (χ4v) is 3.37. The highest BCUT2D eigenvalue weighted by Crippen LogP contribution is 2.24. The first-order valence-corrected chi connectivity index (χ1v) is 10.6. The van der Waals surface area contributed by atoms with Gasteiger partial charge in [-0.05, 0) is 57.2 Å².